The molecule has 0 aliphatic carbocycles. The Labute approximate surface area is 172 Å². The fourth-order valence-corrected chi connectivity index (χ4v) is 3.44. The van der Waals surface area contributed by atoms with Gasteiger partial charge in [0.15, 0.2) is 11.5 Å². The van der Waals surface area contributed by atoms with Crippen LogP contribution in [0.15, 0.2) is 36.4 Å². The lowest BCUT2D eigenvalue weighted by Crippen LogP contribution is -2.50. The number of rotatable bonds is 6. The van der Waals surface area contributed by atoms with E-state index in [-0.39, 0.29) is 6.03 Å². The van der Waals surface area contributed by atoms with Gasteiger partial charge in [-0.1, -0.05) is 19.1 Å². The molecule has 2 aromatic rings. The molecule has 0 unspecified atom stereocenters. The van der Waals surface area contributed by atoms with Crippen LogP contribution >= 0.6 is 0 Å². The molecule has 0 saturated carbocycles. The molecule has 2 aromatic carbocycles. The number of anilines is 2. The molecule has 0 atom stereocenters. The molecule has 0 bridgehead atoms. The summed E-state index contributed by atoms with van der Waals surface area (Å²) in [5.74, 6) is 1.82. The van der Waals surface area contributed by atoms with Gasteiger partial charge in [0, 0.05) is 49.7 Å². The summed E-state index contributed by atoms with van der Waals surface area (Å²) < 4.78 is 16.3. The molecule has 1 fully saturated rings. The number of aryl methyl sites for hydroxylation is 1. The topological polar surface area (TPSA) is 63.3 Å². The number of ether oxygens (including phenoxy) is 3. The molecule has 0 radical (unpaired) electrons. The van der Waals surface area contributed by atoms with E-state index in [0.717, 1.165) is 30.9 Å². The van der Waals surface area contributed by atoms with Gasteiger partial charge in [-0.05, 0) is 24.1 Å². The first-order valence-corrected chi connectivity index (χ1v) is 9.79. The predicted octanol–water partition coefficient (Wildman–Crippen LogP) is 3.63. The van der Waals surface area contributed by atoms with Crippen molar-refractivity contribution in [2.45, 2.75) is 13.3 Å². The SMILES string of the molecule is CCc1ccc(NC(=O)N2CCN(c3cc(OC)c(OC)c(OC)c3)CC2)cc1. The Morgan fingerprint density at radius 1 is 0.931 bits per heavy atom. The minimum atomic E-state index is -0.0706. The summed E-state index contributed by atoms with van der Waals surface area (Å²) in [7, 11) is 4.81. The quantitative estimate of drug-likeness (QED) is 0.804. The third kappa shape index (κ3) is 4.67. The van der Waals surface area contributed by atoms with Crippen LogP contribution in [0.5, 0.6) is 17.2 Å². The number of piperazine rings is 1. The van der Waals surface area contributed by atoms with Gasteiger partial charge in [-0.25, -0.2) is 4.79 Å². The molecule has 29 heavy (non-hydrogen) atoms. The fourth-order valence-electron chi connectivity index (χ4n) is 3.44. The predicted molar refractivity (Wildman–Crippen MR) is 115 cm³/mol. The maximum absolute atomic E-state index is 12.6. The summed E-state index contributed by atoms with van der Waals surface area (Å²) in [4.78, 5) is 16.6. The molecule has 156 valence electrons. The summed E-state index contributed by atoms with van der Waals surface area (Å²) >= 11 is 0. The van der Waals surface area contributed by atoms with E-state index in [1.807, 2.05) is 41.3 Å². The zero-order valence-electron chi connectivity index (χ0n) is 17.5. The molecule has 7 heteroatoms. The Bertz CT molecular complexity index is 805. The van der Waals surface area contributed by atoms with Crippen molar-refractivity contribution in [3.63, 3.8) is 0 Å². The normalized spacial score (nSPS) is 13.8. The Hall–Kier alpha value is -3.09. The number of amides is 2. The fraction of sp³-hybridized carbons (Fsp3) is 0.409. The van der Waals surface area contributed by atoms with Gasteiger partial charge in [0.1, 0.15) is 0 Å². The summed E-state index contributed by atoms with van der Waals surface area (Å²) in [5, 5.41) is 2.98. The zero-order valence-corrected chi connectivity index (χ0v) is 17.5. The third-order valence-corrected chi connectivity index (χ3v) is 5.19. The maximum atomic E-state index is 12.6. The van der Waals surface area contributed by atoms with Gasteiger partial charge in [-0.2, -0.15) is 0 Å². The molecule has 2 amide bonds. The number of hydrogen-bond donors (Lipinski definition) is 1. The lowest BCUT2D eigenvalue weighted by Gasteiger charge is -2.36. The molecule has 3 rings (SSSR count). The van der Waals surface area contributed by atoms with Crippen LogP contribution in [0.4, 0.5) is 16.2 Å². The largest absolute Gasteiger partial charge is 0.493 e. The second-order valence-electron chi connectivity index (χ2n) is 6.84. The lowest BCUT2D eigenvalue weighted by molar-refractivity contribution is 0.208. The number of carbonyl (C=O) groups is 1. The minimum absolute atomic E-state index is 0.0706. The monoisotopic (exact) mass is 399 g/mol. The number of nitrogens with one attached hydrogen (secondary N) is 1. The smallest absolute Gasteiger partial charge is 0.321 e. The van der Waals surface area contributed by atoms with Gasteiger partial charge < -0.3 is 29.3 Å². The average Bonchev–Trinajstić information content (AvgIpc) is 2.78. The van der Waals surface area contributed by atoms with Crippen molar-refractivity contribution >= 4 is 17.4 Å². The van der Waals surface area contributed by atoms with Gasteiger partial charge in [-0.15, -0.1) is 0 Å². The van der Waals surface area contributed by atoms with Crippen LogP contribution in [0, 0.1) is 0 Å². The summed E-state index contributed by atoms with van der Waals surface area (Å²) in [5.41, 5.74) is 3.05. The highest BCUT2D eigenvalue weighted by Gasteiger charge is 2.23. The van der Waals surface area contributed by atoms with Crippen LogP contribution in [0.2, 0.25) is 0 Å². The Balaban J connectivity index is 1.63. The van der Waals surface area contributed by atoms with Crippen LogP contribution < -0.4 is 24.4 Å². The van der Waals surface area contributed by atoms with Crippen LogP contribution in [-0.2, 0) is 6.42 Å². The Morgan fingerprint density at radius 2 is 1.52 bits per heavy atom. The number of nitrogens with zero attached hydrogens (tertiary/aromatic N) is 2. The van der Waals surface area contributed by atoms with Gasteiger partial charge >= 0.3 is 6.03 Å². The highest BCUT2D eigenvalue weighted by molar-refractivity contribution is 5.89. The van der Waals surface area contributed by atoms with Gasteiger partial charge in [0.05, 0.1) is 21.3 Å². The molecular formula is C22H29N3O4. The van der Waals surface area contributed by atoms with E-state index in [1.54, 1.807) is 21.3 Å². The number of benzene rings is 2. The molecule has 1 N–H and O–H groups in total. The third-order valence-electron chi connectivity index (χ3n) is 5.19. The van der Waals surface area contributed by atoms with E-state index >= 15 is 0 Å². The first kappa shape index (κ1) is 20.6. The van der Waals surface area contributed by atoms with Crippen molar-refractivity contribution in [1.82, 2.24) is 4.90 Å². The van der Waals surface area contributed by atoms with Crippen LogP contribution in [0.25, 0.3) is 0 Å². The molecule has 1 aliphatic heterocycles. The van der Waals surface area contributed by atoms with Gasteiger partial charge in [0.25, 0.3) is 0 Å². The van der Waals surface area contributed by atoms with Gasteiger partial charge in [-0.3, -0.25) is 0 Å². The first-order valence-electron chi connectivity index (χ1n) is 9.79. The van der Waals surface area contributed by atoms with E-state index in [4.69, 9.17) is 14.2 Å². The molecule has 7 nitrogen and oxygen atoms in total. The molecular weight excluding hydrogens is 370 g/mol. The van der Waals surface area contributed by atoms with Crippen molar-refractivity contribution in [2.75, 3.05) is 57.7 Å². The first-order chi connectivity index (χ1) is 14.1. The molecule has 1 saturated heterocycles. The number of urea groups is 1. The minimum Gasteiger partial charge on any atom is -0.493 e. The molecule has 0 spiro atoms. The Kier molecular flexibility index (Phi) is 6.69. The average molecular weight is 399 g/mol. The summed E-state index contributed by atoms with van der Waals surface area (Å²) in [6, 6.07) is 11.8. The molecule has 1 aliphatic rings. The van der Waals surface area contributed by atoms with E-state index in [2.05, 4.69) is 17.1 Å². The van der Waals surface area contributed by atoms with Gasteiger partial charge in [0.2, 0.25) is 5.75 Å². The summed E-state index contributed by atoms with van der Waals surface area (Å²) in [6.07, 6.45) is 0.983. The second kappa shape index (κ2) is 9.41. The Morgan fingerprint density at radius 3 is 2.00 bits per heavy atom. The number of methoxy groups -OCH3 is 3. The van der Waals surface area contributed by atoms with E-state index in [9.17, 15) is 4.79 Å². The standard InChI is InChI=1S/C22H29N3O4/c1-5-16-6-8-17(9-7-16)23-22(26)25-12-10-24(11-13-25)18-14-19(27-2)21(29-4)20(15-18)28-3/h6-9,14-15H,5,10-13H2,1-4H3,(H,23,26). The highest BCUT2D eigenvalue weighted by atomic mass is 16.5. The van der Waals surface area contributed by atoms with Crippen molar-refractivity contribution in [3.8, 4) is 17.2 Å². The second-order valence-corrected chi connectivity index (χ2v) is 6.84. The van der Waals surface area contributed by atoms with Crippen LogP contribution in [0.1, 0.15) is 12.5 Å². The van der Waals surface area contributed by atoms with Crippen LogP contribution in [-0.4, -0.2) is 58.4 Å². The van der Waals surface area contributed by atoms with E-state index in [1.165, 1.54) is 5.56 Å². The molecule has 1 heterocycles. The van der Waals surface area contributed by atoms with Crippen molar-refractivity contribution < 1.29 is 19.0 Å². The maximum Gasteiger partial charge on any atom is 0.321 e. The van der Waals surface area contributed by atoms with Crippen LogP contribution in [0.3, 0.4) is 0 Å². The summed E-state index contributed by atoms with van der Waals surface area (Å²) in [6.45, 7) is 4.83. The van der Waals surface area contributed by atoms with Crippen molar-refractivity contribution in [2.24, 2.45) is 0 Å². The number of carbonyl (C=O) groups excluding carboxylic acids is 1. The van der Waals surface area contributed by atoms with Crippen molar-refractivity contribution in [1.29, 1.82) is 0 Å². The highest BCUT2D eigenvalue weighted by Crippen LogP contribution is 2.41. The number of hydrogen-bond acceptors (Lipinski definition) is 5. The lowest BCUT2D eigenvalue weighted by atomic mass is 10.1. The molecule has 0 aromatic heterocycles. The van der Waals surface area contributed by atoms with Crippen molar-refractivity contribution in [3.05, 3.63) is 42.0 Å². The van der Waals surface area contributed by atoms with E-state index < -0.39 is 0 Å². The zero-order chi connectivity index (χ0) is 20.8. The van der Waals surface area contributed by atoms with E-state index in [0.29, 0.717) is 30.3 Å².